The summed E-state index contributed by atoms with van der Waals surface area (Å²) < 4.78 is 10.5. The third-order valence-electron chi connectivity index (χ3n) is 2.52. The fraction of sp³-hybridized carbons (Fsp3) is 0.545. The standard InChI is InChI=1S/C11H16N2O3/c14-11(12-7-9-3-1-5-15-9)13-8-10-4-2-6-16-10/h1,3,5,10H,2,4,6-8H2,(H2,12,13,14)/t10-/m0/s1. The van der Waals surface area contributed by atoms with E-state index in [9.17, 15) is 4.79 Å². The lowest BCUT2D eigenvalue weighted by atomic mass is 10.2. The van der Waals surface area contributed by atoms with Gasteiger partial charge in [0.05, 0.1) is 18.9 Å². The Bertz CT molecular complexity index is 318. The van der Waals surface area contributed by atoms with Crippen molar-refractivity contribution >= 4 is 6.03 Å². The Hall–Kier alpha value is -1.49. The molecule has 0 radical (unpaired) electrons. The van der Waals surface area contributed by atoms with E-state index < -0.39 is 0 Å². The van der Waals surface area contributed by atoms with E-state index in [1.165, 1.54) is 0 Å². The molecule has 1 saturated heterocycles. The number of carbonyl (C=O) groups excluding carboxylic acids is 1. The molecule has 2 amide bonds. The van der Waals surface area contributed by atoms with Crippen LogP contribution < -0.4 is 10.6 Å². The summed E-state index contributed by atoms with van der Waals surface area (Å²) in [5, 5.41) is 5.48. The Morgan fingerprint density at radius 1 is 1.50 bits per heavy atom. The normalized spacial score (nSPS) is 19.6. The van der Waals surface area contributed by atoms with Crippen molar-refractivity contribution in [1.29, 1.82) is 0 Å². The largest absolute Gasteiger partial charge is 0.467 e. The van der Waals surface area contributed by atoms with E-state index in [1.54, 1.807) is 12.3 Å². The molecule has 2 rings (SSSR count). The second-order valence-electron chi connectivity index (χ2n) is 3.78. The highest BCUT2D eigenvalue weighted by Crippen LogP contribution is 2.10. The molecule has 5 nitrogen and oxygen atoms in total. The minimum atomic E-state index is -0.188. The van der Waals surface area contributed by atoms with Crippen molar-refractivity contribution in [3.63, 3.8) is 0 Å². The quantitative estimate of drug-likeness (QED) is 0.809. The molecule has 2 heterocycles. The fourth-order valence-electron chi connectivity index (χ4n) is 1.65. The van der Waals surface area contributed by atoms with Gasteiger partial charge < -0.3 is 19.8 Å². The maximum atomic E-state index is 11.4. The topological polar surface area (TPSA) is 63.5 Å². The second-order valence-corrected chi connectivity index (χ2v) is 3.78. The molecule has 1 aromatic heterocycles. The van der Waals surface area contributed by atoms with Crippen molar-refractivity contribution < 1.29 is 13.9 Å². The molecule has 0 aliphatic carbocycles. The van der Waals surface area contributed by atoms with Crippen LogP contribution in [0.25, 0.3) is 0 Å². The van der Waals surface area contributed by atoms with Crippen LogP contribution in [0.4, 0.5) is 4.79 Å². The van der Waals surface area contributed by atoms with Crippen LogP contribution in [0.5, 0.6) is 0 Å². The highest BCUT2D eigenvalue weighted by Gasteiger charge is 2.15. The van der Waals surface area contributed by atoms with Gasteiger partial charge in [-0.3, -0.25) is 0 Å². The van der Waals surface area contributed by atoms with Gasteiger partial charge in [-0.1, -0.05) is 0 Å². The zero-order chi connectivity index (χ0) is 11.2. The Kier molecular flexibility index (Phi) is 3.82. The molecular formula is C11H16N2O3. The first-order valence-electron chi connectivity index (χ1n) is 5.50. The van der Waals surface area contributed by atoms with Crippen molar-refractivity contribution in [3.8, 4) is 0 Å². The van der Waals surface area contributed by atoms with Gasteiger partial charge in [-0.2, -0.15) is 0 Å². The summed E-state index contributed by atoms with van der Waals surface area (Å²) in [7, 11) is 0. The number of carbonyl (C=O) groups is 1. The van der Waals surface area contributed by atoms with E-state index in [4.69, 9.17) is 9.15 Å². The summed E-state index contributed by atoms with van der Waals surface area (Å²) in [6.45, 7) is 1.79. The van der Waals surface area contributed by atoms with Crippen LogP contribution in [-0.2, 0) is 11.3 Å². The average Bonchev–Trinajstić information content (AvgIpc) is 2.96. The van der Waals surface area contributed by atoms with E-state index in [-0.39, 0.29) is 12.1 Å². The highest BCUT2D eigenvalue weighted by atomic mass is 16.5. The molecule has 2 N–H and O–H groups in total. The summed E-state index contributed by atoms with van der Waals surface area (Å²) >= 11 is 0. The van der Waals surface area contributed by atoms with E-state index >= 15 is 0 Å². The monoisotopic (exact) mass is 224 g/mol. The van der Waals surface area contributed by atoms with Gasteiger partial charge in [0.1, 0.15) is 5.76 Å². The smallest absolute Gasteiger partial charge is 0.315 e. The number of urea groups is 1. The number of ether oxygens (including phenoxy) is 1. The van der Waals surface area contributed by atoms with Gasteiger partial charge in [0.2, 0.25) is 0 Å². The lowest BCUT2D eigenvalue weighted by molar-refractivity contribution is 0.111. The summed E-state index contributed by atoms with van der Waals surface area (Å²) in [5.41, 5.74) is 0. The molecular weight excluding hydrogens is 208 g/mol. The number of amides is 2. The molecule has 0 aromatic carbocycles. The van der Waals surface area contributed by atoms with Gasteiger partial charge in [-0.05, 0) is 25.0 Å². The van der Waals surface area contributed by atoms with E-state index in [1.807, 2.05) is 6.07 Å². The molecule has 1 aliphatic rings. The average molecular weight is 224 g/mol. The molecule has 0 bridgehead atoms. The Labute approximate surface area is 94.1 Å². The Balaban J connectivity index is 1.60. The lowest BCUT2D eigenvalue weighted by Gasteiger charge is -2.11. The van der Waals surface area contributed by atoms with E-state index in [0.29, 0.717) is 13.1 Å². The molecule has 16 heavy (non-hydrogen) atoms. The van der Waals surface area contributed by atoms with Crippen LogP contribution >= 0.6 is 0 Å². The Morgan fingerprint density at radius 3 is 3.12 bits per heavy atom. The SMILES string of the molecule is O=C(NCc1ccco1)NC[C@@H]1CCCO1. The predicted octanol–water partition coefficient (Wildman–Crippen LogP) is 1.26. The minimum absolute atomic E-state index is 0.175. The first-order valence-corrected chi connectivity index (χ1v) is 5.50. The number of nitrogens with one attached hydrogen (secondary N) is 2. The van der Waals surface area contributed by atoms with E-state index in [2.05, 4.69) is 10.6 Å². The van der Waals surface area contributed by atoms with Gasteiger partial charge in [0.15, 0.2) is 0 Å². The first kappa shape index (κ1) is 11.0. The van der Waals surface area contributed by atoms with Gasteiger partial charge in [-0.15, -0.1) is 0 Å². The van der Waals surface area contributed by atoms with Crippen LogP contribution in [0.3, 0.4) is 0 Å². The summed E-state index contributed by atoms with van der Waals surface area (Å²) in [6.07, 6.45) is 3.87. The fourth-order valence-corrected chi connectivity index (χ4v) is 1.65. The zero-order valence-electron chi connectivity index (χ0n) is 9.07. The van der Waals surface area contributed by atoms with Crippen molar-refractivity contribution in [2.24, 2.45) is 0 Å². The van der Waals surface area contributed by atoms with Crippen LogP contribution in [0, 0.1) is 0 Å². The maximum absolute atomic E-state index is 11.4. The lowest BCUT2D eigenvalue weighted by Crippen LogP contribution is -2.39. The first-order chi connectivity index (χ1) is 7.84. The van der Waals surface area contributed by atoms with Crippen molar-refractivity contribution in [1.82, 2.24) is 10.6 Å². The van der Waals surface area contributed by atoms with Gasteiger partial charge in [0, 0.05) is 13.2 Å². The molecule has 1 atom stereocenters. The van der Waals surface area contributed by atoms with Crippen LogP contribution in [0.2, 0.25) is 0 Å². The third kappa shape index (κ3) is 3.27. The van der Waals surface area contributed by atoms with Gasteiger partial charge in [0.25, 0.3) is 0 Å². The number of hydrogen-bond donors (Lipinski definition) is 2. The molecule has 0 spiro atoms. The van der Waals surface area contributed by atoms with Crippen LogP contribution in [0.1, 0.15) is 18.6 Å². The molecule has 1 aromatic rings. The molecule has 1 fully saturated rings. The zero-order valence-corrected chi connectivity index (χ0v) is 9.07. The number of rotatable bonds is 4. The van der Waals surface area contributed by atoms with Crippen molar-refractivity contribution in [2.75, 3.05) is 13.2 Å². The second kappa shape index (κ2) is 5.55. The predicted molar refractivity (Wildman–Crippen MR) is 57.9 cm³/mol. The molecule has 5 heteroatoms. The van der Waals surface area contributed by atoms with Crippen molar-refractivity contribution in [2.45, 2.75) is 25.5 Å². The molecule has 0 unspecified atom stereocenters. The van der Waals surface area contributed by atoms with Crippen LogP contribution in [0.15, 0.2) is 22.8 Å². The summed E-state index contributed by atoms with van der Waals surface area (Å²) in [4.78, 5) is 11.4. The maximum Gasteiger partial charge on any atom is 0.315 e. The van der Waals surface area contributed by atoms with E-state index in [0.717, 1.165) is 25.2 Å². The number of hydrogen-bond acceptors (Lipinski definition) is 3. The van der Waals surface area contributed by atoms with Gasteiger partial charge >= 0.3 is 6.03 Å². The molecule has 0 saturated carbocycles. The summed E-state index contributed by atoms with van der Waals surface area (Å²) in [5.74, 6) is 0.743. The van der Waals surface area contributed by atoms with Gasteiger partial charge in [-0.25, -0.2) is 4.79 Å². The third-order valence-corrected chi connectivity index (χ3v) is 2.52. The van der Waals surface area contributed by atoms with Crippen molar-refractivity contribution in [3.05, 3.63) is 24.2 Å². The van der Waals surface area contributed by atoms with Crippen LogP contribution in [-0.4, -0.2) is 25.3 Å². The molecule has 88 valence electrons. The minimum Gasteiger partial charge on any atom is -0.467 e. The Morgan fingerprint density at radius 2 is 2.44 bits per heavy atom. The number of furan rings is 1. The molecule has 1 aliphatic heterocycles. The highest BCUT2D eigenvalue weighted by molar-refractivity contribution is 5.73. The summed E-state index contributed by atoms with van der Waals surface area (Å²) in [6, 6.07) is 3.42.